The van der Waals surface area contributed by atoms with Gasteiger partial charge in [-0.25, -0.2) is 9.78 Å². The number of carbonyl (C=O) groups excluding carboxylic acids is 6. The molecule has 0 saturated heterocycles. The molecule has 522 valence electrons. The number of urea groups is 1. The predicted molar refractivity (Wildman–Crippen MR) is 384 cm³/mol. The summed E-state index contributed by atoms with van der Waals surface area (Å²) in [7, 11) is 0. The normalized spacial score (nSPS) is 11.7. The average Bonchev–Trinajstić information content (AvgIpc) is 0.896. The van der Waals surface area contributed by atoms with Crippen LogP contribution in [0.1, 0.15) is 127 Å². The molecule has 1 aromatic heterocycles. The number of hydrogen-bond acceptors (Lipinski definition) is 14. The van der Waals surface area contributed by atoms with Gasteiger partial charge < -0.3 is 65.8 Å². The highest BCUT2D eigenvalue weighted by molar-refractivity contribution is 5.99. The second-order valence-electron chi connectivity index (χ2n) is 24.1. The van der Waals surface area contributed by atoms with Crippen LogP contribution >= 0.6 is 0 Å². The Kier molecular flexibility index (Phi) is 30.0. The molecule has 0 aliphatic rings. The van der Waals surface area contributed by atoms with Crippen molar-refractivity contribution in [1.82, 2.24) is 46.8 Å². The Morgan fingerprint density at radius 2 is 0.949 bits per heavy atom. The fraction of sp³-hybridized carbons (Fsp3) is 0.359. The lowest BCUT2D eigenvalue weighted by molar-refractivity contribution is -0.133. The van der Waals surface area contributed by atoms with Gasteiger partial charge in [0.15, 0.2) is 11.5 Å². The van der Waals surface area contributed by atoms with Crippen molar-refractivity contribution in [2.75, 3.05) is 90.6 Å². The Labute approximate surface area is 580 Å². The minimum Gasteiger partial charge on any atom is -0.488 e. The summed E-state index contributed by atoms with van der Waals surface area (Å²) in [5, 5.41) is 20.9. The zero-order chi connectivity index (χ0) is 70.0. The first-order valence-electron chi connectivity index (χ1n) is 34.1. The lowest BCUT2D eigenvalue weighted by Gasteiger charge is -2.33. The molecule has 8 rings (SSSR count). The van der Waals surface area contributed by atoms with Crippen LogP contribution in [-0.4, -0.2) is 136 Å². The summed E-state index contributed by atoms with van der Waals surface area (Å²) in [4.78, 5) is 93.7. The van der Waals surface area contributed by atoms with Crippen molar-refractivity contribution in [1.29, 1.82) is 0 Å². The summed E-state index contributed by atoms with van der Waals surface area (Å²) in [6.07, 6.45) is 3.70. The molecule has 1 unspecified atom stereocenters. The van der Waals surface area contributed by atoms with Crippen molar-refractivity contribution in [3.05, 3.63) is 226 Å². The van der Waals surface area contributed by atoms with Crippen LogP contribution in [0.25, 0.3) is 11.0 Å². The van der Waals surface area contributed by atoms with E-state index in [0.717, 1.165) is 53.0 Å². The third kappa shape index (κ3) is 23.5. The molecule has 0 aliphatic carbocycles. The first-order valence-corrected chi connectivity index (χ1v) is 34.1. The fourth-order valence-electron chi connectivity index (χ4n) is 11.4. The van der Waals surface area contributed by atoms with Crippen molar-refractivity contribution in [2.45, 2.75) is 93.0 Å². The lowest BCUT2D eigenvalue weighted by atomic mass is 9.74. The number of amides is 7. The van der Waals surface area contributed by atoms with Crippen LogP contribution in [0, 0.1) is 26.2 Å². The largest absolute Gasteiger partial charge is 0.488 e. The number of anilines is 1. The summed E-state index contributed by atoms with van der Waals surface area (Å²) in [6.45, 7) is 15.6. The molecule has 7 aromatic carbocycles. The van der Waals surface area contributed by atoms with Gasteiger partial charge >= 0.3 is 6.03 Å². The van der Waals surface area contributed by atoms with E-state index in [-0.39, 0.29) is 114 Å². The quantitative estimate of drug-likeness (QED) is 0.0176. The third-order valence-corrected chi connectivity index (χ3v) is 17.1. The average molecular weight is 1350 g/mol. The Hall–Kier alpha value is -10.2. The standard InChI is InChI=1S/C78H94N10O11/c1-6-88(7-2)46-43-82-75(92)68-52-85-67-51-62(35-36-66(67)87-68)86-77(94)84-45-48-96-50-49-95-47-44-83-76(93)78(37-20-40-79-72(89)63-31-17-23-56(3)58(63)5,38-21-41-80-73(90)64-32-18-24-57(4)70(64)98-54-60-27-13-9-14-28-60)39-22-42-81-74(91)65-33-19-34-69(97-53-59-25-11-8-12-26-59)71(65)99-55-61-29-15-10-16-30-61/h8-19,23-36,51-52H,6-7,20-22,37-50,53-55H2,1-5H3,(H,79,89)(H,80,90)(H,81,91)(H,82,92)(H,83,93)(H2,84,86,94). The van der Waals surface area contributed by atoms with Crippen LogP contribution < -0.4 is 51.4 Å². The number of aromatic nitrogens is 2. The molecule has 99 heavy (non-hydrogen) atoms. The molecule has 0 saturated carbocycles. The van der Waals surface area contributed by atoms with Gasteiger partial charge in [0.05, 0.1) is 54.8 Å². The number of para-hydroxylation sites is 2. The van der Waals surface area contributed by atoms with Crippen molar-refractivity contribution in [3.8, 4) is 17.2 Å². The van der Waals surface area contributed by atoms with Gasteiger partial charge in [-0.15, -0.1) is 0 Å². The molecule has 0 radical (unpaired) electrons. The molecule has 0 spiro atoms. The molecule has 0 bridgehead atoms. The smallest absolute Gasteiger partial charge is 0.319 e. The van der Waals surface area contributed by atoms with Crippen LogP contribution in [0.4, 0.5) is 10.5 Å². The number of ether oxygens (including phenoxy) is 5. The van der Waals surface area contributed by atoms with Gasteiger partial charge in [0.1, 0.15) is 31.3 Å². The van der Waals surface area contributed by atoms with Crippen LogP contribution in [0.3, 0.4) is 0 Å². The molecule has 0 fully saturated rings. The summed E-state index contributed by atoms with van der Waals surface area (Å²) in [5.74, 6) is -0.231. The molecular formula is C78H94N10O11. The van der Waals surface area contributed by atoms with E-state index in [1.54, 1.807) is 48.5 Å². The van der Waals surface area contributed by atoms with E-state index in [0.29, 0.717) is 95.7 Å². The summed E-state index contributed by atoms with van der Waals surface area (Å²) >= 11 is 0. The van der Waals surface area contributed by atoms with E-state index in [9.17, 15) is 24.0 Å². The fourth-order valence-corrected chi connectivity index (χ4v) is 11.4. The highest BCUT2D eigenvalue weighted by Crippen LogP contribution is 2.37. The minimum absolute atomic E-state index is 0.166. The Morgan fingerprint density at radius 3 is 1.53 bits per heavy atom. The zero-order valence-corrected chi connectivity index (χ0v) is 57.6. The van der Waals surface area contributed by atoms with Crippen molar-refractivity contribution in [3.63, 3.8) is 0 Å². The maximum Gasteiger partial charge on any atom is 0.319 e. The molecule has 21 nitrogen and oxygen atoms in total. The molecule has 1 heterocycles. The molecule has 7 amide bonds. The third-order valence-electron chi connectivity index (χ3n) is 17.1. The Morgan fingerprint density at radius 1 is 0.455 bits per heavy atom. The second kappa shape index (κ2) is 39.9. The van der Waals surface area contributed by atoms with E-state index < -0.39 is 11.4 Å². The SMILES string of the molecule is CCN(CC)CCNC(=O)c1cnc2cc(NC(=O)NCCOCCOCCNC(=O)C(CCCNC(=O)c3cccc(C)c3C)(CCCNC(=O)c3cccc(C)c3OCc3ccccc3)CCCNC(=O)c3cccc(OCc4ccccc4)c3OCc3ccccc3)ccc2n1. The maximum atomic E-state index is 15.1. The maximum absolute atomic E-state index is 15.1. The number of fused-ring (bicyclic) bond motifs is 1. The number of hydrogen-bond donors (Lipinski definition) is 7. The van der Waals surface area contributed by atoms with Crippen LogP contribution in [0.5, 0.6) is 17.2 Å². The van der Waals surface area contributed by atoms with Gasteiger partial charge in [0, 0.05) is 62.5 Å². The van der Waals surface area contributed by atoms with Gasteiger partial charge in [-0.2, -0.15) is 0 Å². The van der Waals surface area contributed by atoms with E-state index in [2.05, 4.69) is 65.9 Å². The number of rotatable bonds is 41. The van der Waals surface area contributed by atoms with Crippen molar-refractivity contribution < 1.29 is 52.5 Å². The molecule has 1 atom stereocenters. The minimum atomic E-state index is -1.04. The van der Waals surface area contributed by atoms with Gasteiger partial charge in [-0.05, 0) is 148 Å². The highest BCUT2D eigenvalue weighted by Gasteiger charge is 2.37. The number of carbonyl (C=O) groups is 6. The highest BCUT2D eigenvalue weighted by atomic mass is 16.5. The first-order chi connectivity index (χ1) is 48.2. The first kappa shape index (κ1) is 74.6. The van der Waals surface area contributed by atoms with Crippen molar-refractivity contribution >= 4 is 52.3 Å². The summed E-state index contributed by atoms with van der Waals surface area (Å²) in [6, 6.07) is 50.1. The number of nitrogens with one attached hydrogen (secondary N) is 7. The molecule has 21 heteroatoms. The molecule has 8 aromatic rings. The molecule has 7 N–H and O–H groups in total. The second-order valence-corrected chi connectivity index (χ2v) is 24.1. The number of nitrogens with zero attached hydrogens (tertiary/aromatic N) is 3. The van der Waals surface area contributed by atoms with Crippen LogP contribution in [0.15, 0.2) is 170 Å². The van der Waals surface area contributed by atoms with Gasteiger partial charge in [0.2, 0.25) is 5.91 Å². The molecular weight excluding hydrogens is 1250 g/mol. The van der Waals surface area contributed by atoms with E-state index in [1.807, 2.05) is 136 Å². The monoisotopic (exact) mass is 1350 g/mol. The number of benzene rings is 7. The van der Waals surface area contributed by atoms with E-state index >= 15 is 4.79 Å². The van der Waals surface area contributed by atoms with Crippen LogP contribution in [0.2, 0.25) is 0 Å². The van der Waals surface area contributed by atoms with Gasteiger partial charge in [-0.1, -0.05) is 135 Å². The van der Waals surface area contributed by atoms with E-state index in [1.165, 1.54) is 6.20 Å². The van der Waals surface area contributed by atoms with Gasteiger partial charge in [0.25, 0.3) is 23.6 Å². The Bertz CT molecular complexity index is 3900. The van der Waals surface area contributed by atoms with Gasteiger partial charge in [-0.3, -0.25) is 29.0 Å². The number of likely N-dealkylation sites (N-methyl/N-ethyl adjacent to an activating group) is 1. The summed E-state index contributed by atoms with van der Waals surface area (Å²) < 4.78 is 30.6. The Balaban J connectivity index is 0.891. The van der Waals surface area contributed by atoms with E-state index in [4.69, 9.17) is 23.7 Å². The lowest BCUT2D eigenvalue weighted by Crippen LogP contribution is -2.44. The topological polar surface area (TPSA) is 262 Å². The summed E-state index contributed by atoms with van der Waals surface area (Å²) in [5.41, 5.74) is 7.49. The van der Waals surface area contributed by atoms with Crippen molar-refractivity contribution in [2.24, 2.45) is 5.41 Å². The molecule has 0 aliphatic heterocycles. The predicted octanol–water partition coefficient (Wildman–Crippen LogP) is 11.3. The van der Waals surface area contributed by atoms with Crippen LogP contribution in [-0.2, 0) is 34.1 Å². The number of aryl methyl sites for hydroxylation is 2. The zero-order valence-electron chi connectivity index (χ0n) is 57.6.